The second-order valence-electron chi connectivity index (χ2n) is 5.67. The summed E-state index contributed by atoms with van der Waals surface area (Å²) in [5.41, 5.74) is 1.13. The number of hydrogen-bond acceptors (Lipinski definition) is 5. The fourth-order valence-electron chi connectivity index (χ4n) is 2.73. The molecule has 1 saturated heterocycles. The predicted octanol–water partition coefficient (Wildman–Crippen LogP) is 0.636. The van der Waals surface area contributed by atoms with Crippen LogP contribution in [0.1, 0.15) is 18.4 Å². The van der Waals surface area contributed by atoms with Crippen molar-refractivity contribution in [1.29, 1.82) is 0 Å². The third-order valence-corrected chi connectivity index (χ3v) is 4.94. The number of sulfone groups is 1. The minimum absolute atomic E-state index is 0.170. The molecule has 2 N–H and O–H groups in total. The molecule has 2 rings (SSSR count). The van der Waals surface area contributed by atoms with Crippen molar-refractivity contribution in [2.75, 3.05) is 32.5 Å². The van der Waals surface area contributed by atoms with Gasteiger partial charge < -0.3 is 10.4 Å². The highest BCUT2D eigenvalue weighted by atomic mass is 32.2. The Hall–Kier alpha value is -0.950. The number of nitrogens with one attached hydrogen (secondary N) is 1. The highest BCUT2D eigenvalue weighted by Gasteiger charge is 2.19. The molecule has 0 aromatic heterocycles. The fourth-order valence-corrected chi connectivity index (χ4v) is 3.37. The molecule has 1 fully saturated rings. The third-order valence-electron chi connectivity index (χ3n) is 3.81. The van der Waals surface area contributed by atoms with Crippen molar-refractivity contribution >= 4 is 9.84 Å². The Balaban J connectivity index is 1.92. The number of likely N-dealkylation sites (tertiary alicyclic amines) is 1. The van der Waals surface area contributed by atoms with Crippen LogP contribution in [0.5, 0.6) is 0 Å². The van der Waals surface area contributed by atoms with Crippen LogP contribution in [-0.2, 0) is 16.4 Å². The van der Waals surface area contributed by atoms with E-state index in [4.69, 9.17) is 5.11 Å². The van der Waals surface area contributed by atoms with Gasteiger partial charge in [-0.2, -0.15) is 0 Å². The zero-order valence-electron chi connectivity index (χ0n) is 12.5. The summed E-state index contributed by atoms with van der Waals surface area (Å²) in [6.07, 6.45) is 3.51. The summed E-state index contributed by atoms with van der Waals surface area (Å²) >= 11 is 0. The number of nitrogens with zero attached hydrogens (tertiary/aromatic N) is 1. The van der Waals surface area contributed by atoms with E-state index in [9.17, 15) is 8.42 Å². The summed E-state index contributed by atoms with van der Waals surface area (Å²) in [5, 5.41) is 12.2. The SMILES string of the molecule is CS(=O)(=O)c1ccc(CN2CCCC(NCCO)C2)cc1. The van der Waals surface area contributed by atoms with Crippen molar-refractivity contribution in [3.63, 3.8) is 0 Å². The first-order valence-electron chi connectivity index (χ1n) is 7.34. The minimum atomic E-state index is -3.12. The van der Waals surface area contributed by atoms with Crippen molar-refractivity contribution in [2.24, 2.45) is 0 Å². The molecule has 21 heavy (non-hydrogen) atoms. The van der Waals surface area contributed by atoms with Crippen LogP contribution < -0.4 is 5.32 Å². The first-order valence-corrected chi connectivity index (χ1v) is 9.24. The van der Waals surface area contributed by atoms with Gasteiger partial charge in [-0.1, -0.05) is 12.1 Å². The normalized spacial score (nSPS) is 20.6. The average molecular weight is 312 g/mol. The van der Waals surface area contributed by atoms with E-state index in [2.05, 4.69) is 10.2 Å². The largest absolute Gasteiger partial charge is 0.395 e. The van der Waals surface area contributed by atoms with Crippen LogP contribution in [0.3, 0.4) is 0 Å². The number of hydrogen-bond donors (Lipinski definition) is 2. The van der Waals surface area contributed by atoms with Gasteiger partial charge in [0.2, 0.25) is 0 Å². The molecule has 6 heteroatoms. The van der Waals surface area contributed by atoms with Crippen molar-refractivity contribution in [3.05, 3.63) is 29.8 Å². The van der Waals surface area contributed by atoms with E-state index in [1.807, 2.05) is 12.1 Å². The Morgan fingerprint density at radius 2 is 2.05 bits per heavy atom. The monoisotopic (exact) mass is 312 g/mol. The zero-order chi connectivity index (χ0) is 15.3. The van der Waals surface area contributed by atoms with Crippen LogP contribution in [0, 0.1) is 0 Å². The van der Waals surface area contributed by atoms with Crippen molar-refractivity contribution in [1.82, 2.24) is 10.2 Å². The van der Waals surface area contributed by atoms with Gasteiger partial charge in [0, 0.05) is 31.9 Å². The van der Waals surface area contributed by atoms with Crippen LogP contribution in [0.25, 0.3) is 0 Å². The Morgan fingerprint density at radius 1 is 1.33 bits per heavy atom. The maximum atomic E-state index is 11.4. The molecule has 0 spiro atoms. The maximum absolute atomic E-state index is 11.4. The summed E-state index contributed by atoms with van der Waals surface area (Å²) in [4.78, 5) is 2.74. The van der Waals surface area contributed by atoms with Gasteiger partial charge in [0.05, 0.1) is 11.5 Å². The van der Waals surface area contributed by atoms with Gasteiger partial charge in [-0.3, -0.25) is 4.90 Å². The predicted molar refractivity (Wildman–Crippen MR) is 82.9 cm³/mol. The molecule has 1 aromatic carbocycles. The molecule has 1 atom stereocenters. The zero-order valence-corrected chi connectivity index (χ0v) is 13.3. The molecule has 1 heterocycles. The van der Waals surface area contributed by atoms with Crippen LogP contribution in [0.2, 0.25) is 0 Å². The average Bonchev–Trinajstić information content (AvgIpc) is 2.45. The lowest BCUT2D eigenvalue weighted by Crippen LogP contribution is -2.46. The van der Waals surface area contributed by atoms with Gasteiger partial charge in [0.15, 0.2) is 9.84 Å². The number of aliphatic hydroxyl groups excluding tert-OH is 1. The van der Waals surface area contributed by atoms with Gasteiger partial charge in [-0.05, 0) is 37.1 Å². The van der Waals surface area contributed by atoms with E-state index in [1.165, 1.54) is 6.26 Å². The molecule has 0 saturated carbocycles. The second-order valence-corrected chi connectivity index (χ2v) is 7.68. The summed E-state index contributed by atoms with van der Waals surface area (Å²) in [5.74, 6) is 0. The first-order chi connectivity index (χ1) is 9.99. The van der Waals surface area contributed by atoms with Gasteiger partial charge >= 0.3 is 0 Å². The number of piperidine rings is 1. The van der Waals surface area contributed by atoms with Crippen LogP contribution in [-0.4, -0.2) is 57.0 Å². The Labute approximate surface area is 126 Å². The van der Waals surface area contributed by atoms with E-state index in [0.717, 1.165) is 38.0 Å². The van der Waals surface area contributed by atoms with E-state index in [0.29, 0.717) is 17.5 Å². The Morgan fingerprint density at radius 3 is 2.67 bits per heavy atom. The first kappa shape index (κ1) is 16.4. The lowest BCUT2D eigenvalue weighted by molar-refractivity contribution is 0.176. The number of aliphatic hydroxyl groups is 1. The Kier molecular flexibility index (Phi) is 5.75. The molecule has 0 amide bonds. The lowest BCUT2D eigenvalue weighted by atomic mass is 10.0. The molecular weight excluding hydrogens is 288 g/mol. The fraction of sp³-hybridized carbons (Fsp3) is 0.600. The van der Waals surface area contributed by atoms with E-state index in [1.54, 1.807) is 12.1 Å². The molecular formula is C15H24N2O3S. The maximum Gasteiger partial charge on any atom is 0.175 e. The summed E-state index contributed by atoms with van der Waals surface area (Å²) < 4.78 is 22.9. The molecule has 0 bridgehead atoms. The molecule has 1 aliphatic heterocycles. The molecule has 5 nitrogen and oxygen atoms in total. The second kappa shape index (κ2) is 7.35. The van der Waals surface area contributed by atoms with Gasteiger partial charge in [0.25, 0.3) is 0 Å². The quantitative estimate of drug-likeness (QED) is 0.806. The molecule has 0 radical (unpaired) electrons. The van der Waals surface area contributed by atoms with Gasteiger partial charge in [0.1, 0.15) is 0 Å². The van der Waals surface area contributed by atoms with Crippen LogP contribution >= 0.6 is 0 Å². The highest BCUT2D eigenvalue weighted by molar-refractivity contribution is 7.90. The minimum Gasteiger partial charge on any atom is -0.395 e. The highest BCUT2D eigenvalue weighted by Crippen LogP contribution is 2.16. The lowest BCUT2D eigenvalue weighted by Gasteiger charge is -2.33. The molecule has 0 aliphatic carbocycles. The van der Waals surface area contributed by atoms with Crippen molar-refractivity contribution < 1.29 is 13.5 Å². The van der Waals surface area contributed by atoms with E-state index in [-0.39, 0.29) is 6.61 Å². The smallest absolute Gasteiger partial charge is 0.175 e. The Bertz CT molecular complexity index is 543. The topological polar surface area (TPSA) is 69.6 Å². The summed E-state index contributed by atoms with van der Waals surface area (Å²) in [6, 6.07) is 7.57. The number of rotatable bonds is 6. The summed E-state index contributed by atoms with van der Waals surface area (Å²) in [7, 11) is -3.12. The van der Waals surface area contributed by atoms with Crippen molar-refractivity contribution in [2.45, 2.75) is 30.3 Å². The van der Waals surface area contributed by atoms with E-state index >= 15 is 0 Å². The number of benzene rings is 1. The third kappa shape index (κ3) is 5.07. The van der Waals surface area contributed by atoms with Crippen molar-refractivity contribution in [3.8, 4) is 0 Å². The standard InChI is InChI=1S/C15H24N2O3S/c1-21(19,20)15-6-4-13(5-7-15)11-17-9-2-3-14(12-17)16-8-10-18/h4-7,14,16,18H,2-3,8-12H2,1H3. The molecule has 1 unspecified atom stereocenters. The molecule has 1 aliphatic rings. The van der Waals surface area contributed by atoms with Gasteiger partial charge in [-0.25, -0.2) is 8.42 Å². The molecule has 118 valence electrons. The van der Waals surface area contributed by atoms with Crippen LogP contribution in [0.4, 0.5) is 0 Å². The summed E-state index contributed by atoms with van der Waals surface area (Å²) in [6.45, 7) is 3.67. The van der Waals surface area contributed by atoms with Gasteiger partial charge in [-0.15, -0.1) is 0 Å². The van der Waals surface area contributed by atoms with E-state index < -0.39 is 9.84 Å². The van der Waals surface area contributed by atoms with Crippen LogP contribution in [0.15, 0.2) is 29.2 Å². The molecule has 1 aromatic rings.